The Balaban J connectivity index is 1.99. The zero-order valence-electron chi connectivity index (χ0n) is 9.75. The Morgan fingerprint density at radius 2 is 2.31 bits per heavy atom. The van der Waals surface area contributed by atoms with Gasteiger partial charge in [-0.05, 0) is 19.4 Å². The highest BCUT2D eigenvalue weighted by atomic mass is 32.2. The van der Waals surface area contributed by atoms with Crippen LogP contribution in [0.15, 0.2) is 18.2 Å². The number of para-hydroxylation sites is 1. The lowest BCUT2D eigenvalue weighted by Gasteiger charge is -2.19. The van der Waals surface area contributed by atoms with Gasteiger partial charge in [-0.1, -0.05) is 18.2 Å². The van der Waals surface area contributed by atoms with E-state index >= 15 is 0 Å². The first-order valence-corrected chi connectivity index (χ1v) is 6.86. The molecule has 1 aromatic carbocycles. The lowest BCUT2D eigenvalue weighted by atomic mass is 10.0. The average molecular weight is 235 g/mol. The average Bonchev–Trinajstić information content (AvgIpc) is 2.80. The van der Waals surface area contributed by atoms with Gasteiger partial charge < -0.3 is 10.1 Å². The summed E-state index contributed by atoms with van der Waals surface area (Å²) in [5.41, 5.74) is 2.64. The van der Waals surface area contributed by atoms with Gasteiger partial charge in [-0.2, -0.15) is 0 Å². The molecule has 1 aromatic rings. The number of hydrogen-bond acceptors (Lipinski definition) is 3. The number of hydrogen-bond donors (Lipinski definition) is 1. The Labute approximate surface area is 101 Å². The van der Waals surface area contributed by atoms with Crippen molar-refractivity contribution in [2.24, 2.45) is 0 Å². The van der Waals surface area contributed by atoms with Crippen LogP contribution in [0.3, 0.4) is 0 Å². The van der Waals surface area contributed by atoms with Crippen LogP contribution in [0.5, 0.6) is 5.75 Å². The van der Waals surface area contributed by atoms with Gasteiger partial charge in [0.25, 0.3) is 0 Å². The third-order valence-electron chi connectivity index (χ3n) is 3.12. The summed E-state index contributed by atoms with van der Waals surface area (Å²) in [7, 11) is 0. The van der Waals surface area contributed by atoms with Gasteiger partial charge in [0, 0.05) is 24.3 Å². The van der Waals surface area contributed by atoms with Gasteiger partial charge in [-0.25, -0.2) is 0 Å². The molecule has 0 spiro atoms. The van der Waals surface area contributed by atoms with Gasteiger partial charge in [0.15, 0.2) is 0 Å². The number of fused-ring (bicyclic) bond motifs is 1. The molecule has 0 amide bonds. The van der Waals surface area contributed by atoms with E-state index < -0.39 is 0 Å². The monoisotopic (exact) mass is 235 g/mol. The Hall–Kier alpha value is -0.670. The Morgan fingerprint density at radius 1 is 1.44 bits per heavy atom. The van der Waals surface area contributed by atoms with E-state index in [1.807, 2.05) is 11.8 Å². The molecule has 1 saturated heterocycles. The van der Waals surface area contributed by atoms with Crippen molar-refractivity contribution >= 4 is 11.8 Å². The minimum absolute atomic E-state index is 0.0400. The van der Waals surface area contributed by atoms with Crippen molar-refractivity contribution in [3.8, 4) is 5.75 Å². The first kappa shape index (κ1) is 10.5. The van der Waals surface area contributed by atoms with Crippen molar-refractivity contribution in [1.82, 2.24) is 5.32 Å². The van der Waals surface area contributed by atoms with E-state index in [0.29, 0.717) is 5.37 Å². The number of rotatable bonds is 1. The molecule has 86 valence electrons. The maximum absolute atomic E-state index is 6.08. The summed E-state index contributed by atoms with van der Waals surface area (Å²) in [6, 6.07) is 6.53. The van der Waals surface area contributed by atoms with Crippen LogP contribution in [0.2, 0.25) is 0 Å². The van der Waals surface area contributed by atoms with Gasteiger partial charge in [-0.3, -0.25) is 0 Å². The normalized spacial score (nSPS) is 26.5. The van der Waals surface area contributed by atoms with Crippen molar-refractivity contribution in [2.45, 2.75) is 31.2 Å². The topological polar surface area (TPSA) is 21.3 Å². The first-order chi connectivity index (χ1) is 7.66. The third-order valence-corrected chi connectivity index (χ3v) is 4.31. The summed E-state index contributed by atoms with van der Waals surface area (Å²) in [5, 5.41) is 3.93. The molecular weight excluding hydrogens is 218 g/mol. The van der Waals surface area contributed by atoms with Crippen LogP contribution in [0, 0.1) is 0 Å². The molecule has 3 rings (SSSR count). The summed E-state index contributed by atoms with van der Waals surface area (Å²) in [6.07, 6.45) is 1.02. The number of ether oxygens (including phenoxy) is 1. The Kier molecular flexibility index (Phi) is 2.41. The second-order valence-electron chi connectivity index (χ2n) is 5.08. The summed E-state index contributed by atoms with van der Waals surface area (Å²) < 4.78 is 6.08. The predicted molar refractivity (Wildman–Crippen MR) is 68.1 cm³/mol. The zero-order valence-corrected chi connectivity index (χ0v) is 10.6. The van der Waals surface area contributed by atoms with Gasteiger partial charge in [0.2, 0.25) is 0 Å². The van der Waals surface area contributed by atoms with Crippen molar-refractivity contribution in [1.29, 1.82) is 0 Å². The Morgan fingerprint density at radius 3 is 3.06 bits per heavy atom. The highest BCUT2D eigenvalue weighted by Gasteiger charge is 2.33. The largest absolute Gasteiger partial charge is 0.487 e. The summed E-state index contributed by atoms with van der Waals surface area (Å²) in [6.45, 7) is 5.42. The van der Waals surface area contributed by atoms with Crippen LogP contribution in [-0.4, -0.2) is 17.9 Å². The molecule has 16 heavy (non-hydrogen) atoms. The second-order valence-corrected chi connectivity index (χ2v) is 6.29. The number of thioether (sulfide) groups is 1. The van der Waals surface area contributed by atoms with Gasteiger partial charge >= 0.3 is 0 Å². The Bertz CT molecular complexity index is 410. The molecule has 2 aliphatic heterocycles. The van der Waals surface area contributed by atoms with Crippen molar-refractivity contribution < 1.29 is 4.74 Å². The molecular formula is C13H17NOS. The third kappa shape index (κ3) is 1.72. The molecule has 0 saturated carbocycles. The SMILES string of the molecule is CC1(C)Cc2cccc(C3NCCS3)c2O1. The summed E-state index contributed by atoms with van der Waals surface area (Å²) in [5.74, 6) is 2.32. The zero-order chi connectivity index (χ0) is 11.2. The van der Waals surface area contributed by atoms with Crippen molar-refractivity contribution in [3.05, 3.63) is 29.3 Å². The predicted octanol–water partition coefficient (Wildman–Crippen LogP) is 2.74. The molecule has 2 aliphatic rings. The molecule has 3 heteroatoms. The molecule has 2 heterocycles. The summed E-state index contributed by atoms with van der Waals surface area (Å²) >= 11 is 1.97. The molecule has 2 nitrogen and oxygen atoms in total. The van der Waals surface area contributed by atoms with Crippen LogP contribution in [0.1, 0.15) is 30.3 Å². The summed E-state index contributed by atoms with van der Waals surface area (Å²) in [4.78, 5) is 0. The van der Waals surface area contributed by atoms with Gasteiger partial charge in [-0.15, -0.1) is 11.8 Å². The van der Waals surface area contributed by atoms with Crippen molar-refractivity contribution in [2.75, 3.05) is 12.3 Å². The van der Waals surface area contributed by atoms with E-state index in [9.17, 15) is 0 Å². The molecule has 0 bridgehead atoms. The molecule has 1 unspecified atom stereocenters. The van der Waals surface area contributed by atoms with E-state index in [2.05, 4.69) is 37.4 Å². The fourth-order valence-electron chi connectivity index (χ4n) is 2.47. The van der Waals surface area contributed by atoms with Gasteiger partial charge in [0.1, 0.15) is 11.4 Å². The lowest BCUT2D eigenvalue weighted by Crippen LogP contribution is -2.25. The van der Waals surface area contributed by atoms with E-state index in [4.69, 9.17) is 4.74 Å². The second kappa shape index (κ2) is 3.67. The van der Waals surface area contributed by atoms with E-state index in [1.165, 1.54) is 16.9 Å². The smallest absolute Gasteiger partial charge is 0.129 e. The first-order valence-electron chi connectivity index (χ1n) is 5.81. The molecule has 1 fully saturated rings. The highest BCUT2D eigenvalue weighted by Crippen LogP contribution is 2.43. The fraction of sp³-hybridized carbons (Fsp3) is 0.538. The van der Waals surface area contributed by atoms with Crippen LogP contribution in [-0.2, 0) is 6.42 Å². The molecule has 0 aliphatic carbocycles. The van der Waals surface area contributed by atoms with Crippen LogP contribution >= 0.6 is 11.8 Å². The number of benzene rings is 1. The maximum atomic E-state index is 6.08. The highest BCUT2D eigenvalue weighted by molar-refractivity contribution is 7.99. The number of nitrogens with one attached hydrogen (secondary N) is 1. The minimum atomic E-state index is -0.0400. The maximum Gasteiger partial charge on any atom is 0.129 e. The fourth-order valence-corrected chi connectivity index (χ4v) is 3.54. The van der Waals surface area contributed by atoms with Crippen LogP contribution in [0.25, 0.3) is 0 Å². The van der Waals surface area contributed by atoms with Gasteiger partial charge in [0.05, 0.1) is 5.37 Å². The lowest BCUT2D eigenvalue weighted by molar-refractivity contribution is 0.137. The molecule has 1 N–H and O–H groups in total. The van der Waals surface area contributed by atoms with E-state index in [-0.39, 0.29) is 5.60 Å². The molecule has 1 atom stereocenters. The van der Waals surface area contributed by atoms with Crippen molar-refractivity contribution in [3.63, 3.8) is 0 Å². The molecule has 0 radical (unpaired) electrons. The van der Waals surface area contributed by atoms with Crippen LogP contribution in [0.4, 0.5) is 0 Å². The van der Waals surface area contributed by atoms with E-state index in [0.717, 1.165) is 18.7 Å². The van der Waals surface area contributed by atoms with Crippen LogP contribution < -0.4 is 10.1 Å². The molecule has 0 aromatic heterocycles. The van der Waals surface area contributed by atoms with E-state index in [1.54, 1.807) is 0 Å². The quantitative estimate of drug-likeness (QED) is 0.808. The standard InChI is InChI=1S/C13H17NOS/c1-13(2)8-9-4-3-5-10(11(9)15-13)12-14-6-7-16-12/h3-5,12,14H,6-8H2,1-2H3. The minimum Gasteiger partial charge on any atom is -0.487 e.